The van der Waals surface area contributed by atoms with Gasteiger partial charge in [-0.1, -0.05) is 30.3 Å². The van der Waals surface area contributed by atoms with Gasteiger partial charge >= 0.3 is 0 Å². The van der Waals surface area contributed by atoms with Gasteiger partial charge < -0.3 is 9.67 Å². The zero-order valence-electron chi connectivity index (χ0n) is 14.0. The lowest BCUT2D eigenvalue weighted by atomic mass is 9.83. The Morgan fingerprint density at radius 3 is 2.29 bits per heavy atom. The highest BCUT2D eigenvalue weighted by Gasteiger charge is 2.36. The summed E-state index contributed by atoms with van der Waals surface area (Å²) < 4.78 is 2.23. The first kappa shape index (κ1) is 15.6. The summed E-state index contributed by atoms with van der Waals surface area (Å²) in [6.07, 6.45) is 0.746. The first-order valence-electron chi connectivity index (χ1n) is 8.30. The highest BCUT2D eigenvalue weighted by molar-refractivity contribution is 7.99. The van der Waals surface area contributed by atoms with E-state index in [-0.39, 0.29) is 0 Å². The van der Waals surface area contributed by atoms with Crippen LogP contribution in [0.3, 0.4) is 0 Å². The number of aliphatic hydroxyl groups is 1. The molecule has 0 unspecified atom stereocenters. The third-order valence-electron chi connectivity index (χ3n) is 4.93. The molecule has 1 aliphatic rings. The predicted molar refractivity (Wildman–Crippen MR) is 100 cm³/mol. The van der Waals surface area contributed by atoms with E-state index in [0.29, 0.717) is 0 Å². The normalized spacial score (nSPS) is 20.0. The maximum absolute atomic E-state index is 11.4. The molecule has 0 aliphatic carbocycles. The van der Waals surface area contributed by atoms with Gasteiger partial charge in [0.2, 0.25) is 0 Å². The molecule has 0 spiro atoms. The Morgan fingerprint density at radius 1 is 0.917 bits per heavy atom. The smallest absolute Gasteiger partial charge is 0.116 e. The molecule has 3 aromatic rings. The van der Waals surface area contributed by atoms with Crippen molar-refractivity contribution >= 4 is 11.8 Å². The average Bonchev–Trinajstić information content (AvgIpc) is 2.94. The van der Waals surface area contributed by atoms with Crippen LogP contribution in [0.15, 0.2) is 65.6 Å². The third kappa shape index (κ3) is 2.40. The van der Waals surface area contributed by atoms with Crippen LogP contribution in [0.2, 0.25) is 0 Å². The van der Waals surface area contributed by atoms with Crippen LogP contribution in [0.5, 0.6) is 0 Å². The number of rotatable bonds is 2. The second-order valence-electron chi connectivity index (χ2n) is 6.45. The molecule has 0 amide bonds. The number of hydrogen-bond acceptors (Lipinski definition) is 2. The first-order chi connectivity index (χ1) is 11.6. The highest BCUT2D eigenvalue weighted by atomic mass is 32.2. The summed E-state index contributed by atoms with van der Waals surface area (Å²) in [4.78, 5) is 1.19. The number of benzene rings is 2. The van der Waals surface area contributed by atoms with Gasteiger partial charge in [0.15, 0.2) is 0 Å². The van der Waals surface area contributed by atoms with Crippen molar-refractivity contribution in [1.29, 1.82) is 0 Å². The monoisotopic (exact) mass is 335 g/mol. The molecule has 0 bridgehead atoms. The van der Waals surface area contributed by atoms with E-state index < -0.39 is 5.60 Å². The van der Waals surface area contributed by atoms with Gasteiger partial charge in [0.05, 0.1) is 0 Å². The lowest BCUT2D eigenvalue weighted by Crippen LogP contribution is -2.31. The van der Waals surface area contributed by atoms with E-state index in [1.807, 2.05) is 23.9 Å². The minimum Gasteiger partial charge on any atom is -0.380 e. The quantitative estimate of drug-likeness (QED) is 0.726. The van der Waals surface area contributed by atoms with Gasteiger partial charge in [-0.25, -0.2) is 0 Å². The van der Waals surface area contributed by atoms with Crippen LogP contribution in [-0.2, 0) is 5.60 Å². The largest absolute Gasteiger partial charge is 0.380 e. The van der Waals surface area contributed by atoms with Crippen molar-refractivity contribution in [3.05, 3.63) is 83.2 Å². The summed E-state index contributed by atoms with van der Waals surface area (Å²) in [6, 6.07) is 20.8. The Kier molecular flexibility index (Phi) is 3.78. The van der Waals surface area contributed by atoms with Gasteiger partial charge in [-0.2, -0.15) is 0 Å². The van der Waals surface area contributed by atoms with E-state index in [4.69, 9.17) is 0 Å². The third-order valence-corrected chi connectivity index (χ3v) is 6.00. The van der Waals surface area contributed by atoms with Crippen molar-refractivity contribution in [2.45, 2.75) is 30.8 Å². The molecular formula is C21H21NOS. The minimum atomic E-state index is -0.888. The zero-order valence-corrected chi connectivity index (χ0v) is 14.8. The maximum Gasteiger partial charge on any atom is 0.116 e. The number of thioether (sulfide) groups is 1. The van der Waals surface area contributed by atoms with Crippen molar-refractivity contribution in [2.75, 3.05) is 5.75 Å². The summed E-state index contributed by atoms with van der Waals surface area (Å²) >= 11 is 1.83. The van der Waals surface area contributed by atoms with Gasteiger partial charge in [-0.05, 0) is 56.2 Å². The number of fused-ring (bicyclic) bond motifs is 1. The Hall–Kier alpha value is -1.97. The number of aromatic nitrogens is 1. The van der Waals surface area contributed by atoms with E-state index in [9.17, 15) is 5.11 Å². The van der Waals surface area contributed by atoms with Crippen LogP contribution < -0.4 is 0 Å². The van der Waals surface area contributed by atoms with Crippen LogP contribution in [0.1, 0.15) is 28.9 Å². The zero-order chi connectivity index (χ0) is 16.7. The molecule has 2 heterocycles. The molecule has 0 saturated heterocycles. The molecule has 1 aliphatic heterocycles. The first-order valence-corrected chi connectivity index (χ1v) is 9.29. The maximum atomic E-state index is 11.4. The van der Waals surface area contributed by atoms with E-state index >= 15 is 0 Å². The van der Waals surface area contributed by atoms with Gasteiger partial charge in [-0.3, -0.25) is 0 Å². The molecule has 2 aromatic carbocycles. The lowest BCUT2D eigenvalue weighted by molar-refractivity contribution is 0.0731. The average molecular weight is 335 g/mol. The van der Waals surface area contributed by atoms with Crippen LogP contribution in [0.4, 0.5) is 0 Å². The molecular weight excluding hydrogens is 314 g/mol. The standard InChI is InChI=1S/C21H21NOS/c1-15-7-8-16(2)22(15)18-11-9-17(10-12-18)21(23)13-14-24-20-6-4-3-5-19(20)21/h3-12,23H,13-14H2,1-2H3/t21-/m0/s1. The number of hydrogen-bond donors (Lipinski definition) is 1. The fraction of sp³-hybridized carbons (Fsp3) is 0.238. The van der Waals surface area contributed by atoms with E-state index in [2.05, 4.69) is 66.9 Å². The second-order valence-corrected chi connectivity index (χ2v) is 7.59. The lowest BCUT2D eigenvalue weighted by Gasteiger charge is -2.34. The molecule has 24 heavy (non-hydrogen) atoms. The molecule has 1 N–H and O–H groups in total. The van der Waals surface area contributed by atoms with Crippen molar-refractivity contribution in [2.24, 2.45) is 0 Å². The van der Waals surface area contributed by atoms with Gasteiger partial charge in [-0.15, -0.1) is 11.8 Å². The van der Waals surface area contributed by atoms with Crippen LogP contribution in [0, 0.1) is 13.8 Å². The highest BCUT2D eigenvalue weighted by Crippen LogP contribution is 2.44. The Labute approximate surface area is 147 Å². The van der Waals surface area contributed by atoms with E-state index in [1.165, 1.54) is 16.3 Å². The SMILES string of the molecule is Cc1ccc(C)n1-c1ccc([C@@]2(O)CCSc3ccccc32)cc1. The topological polar surface area (TPSA) is 25.2 Å². The Balaban J connectivity index is 1.76. The summed E-state index contributed by atoms with van der Waals surface area (Å²) in [5.74, 6) is 0.936. The molecule has 0 fully saturated rings. The van der Waals surface area contributed by atoms with Crippen molar-refractivity contribution < 1.29 is 5.11 Å². The summed E-state index contributed by atoms with van der Waals surface area (Å²) in [7, 11) is 0. The van der Waals surface area contributed by atoms with Crippen molar-refractivity contribution in [3.63, 3.8) is 0 Å². The number of aryl methyl sites for hydroxylation is 2. The fourth-order valence-corrected chi connectivity index (χ4v) is 4.82. The van der Waals surface area contributed by atoms with Crippen LogP contribution in [-0.4, -0.2) is 15.4 Å². The van der Waals surface area contributed by atoms with Crippen LogP contribution in [0.25, 0.3) is 5.69 Å². The minimum absolute atomic E-state index is 0.746. The molecule has 1 aromatic heterocycles. The van der Waals surface area contributed by atoms with E-state index in [0.717, 1.165) is 29.0 Å². The van der Waals surface area contributed by atoms with Gasteiger partial charge in [0.25, 0.3) is 0 Å². The Bertz CT molecular complexity index is 862. The van der Waals surface area contributed by atoms with Crippen molar-refractivity contribution in [3.8, 4) is 5.69 Å². The van der Waals surface area contributed by atoms with E-state index in [1.54, 1.807) is 0 Å². The van der Waals surface area contributed by atoms with Crippen molar-refractivity contribution in [1.82, 2.24) is 4.57 Å². The molecule has 2 nitrogen and oxygen atoms in total. The predicted octanol–water partition coefficient (Wildman–Crippen LogP) is 4.83. The fourth-order valence-electron chi connectivity index (χ4n) is 3.64. The number of nitrogens with zero attached hydrogens (tertiary/aromatic N) is 1. The van der Waals surface area contributed by atoms with Gasteiger partial charge in [0, 0.05) is 33.3 Å². The molecule has 1 atom stereocenters. The molecule has 3 heteroatoms. The summed E-state index contributed by atoms with van der Waals surface area (Å²) in [5.41, 5.74) is 4.70. The van der Waals surface area contributed by atoms with Gasteiger partial charge in [0.1, 0.15) is 5.60 Å². The molecule has 4 rings (SSSR count). The summed E-state index contributed by atoms with van der Waals surface area (Å²) in [5, 5.41) is 11.4. The van der Waals surface area contributed by atoms with Crippen LogP contribution >= 0.6 is 11.8 Å². The Morgan fingerprint density at radius 2 is 1.58 bits per heavy atom. The second kappa shape index (κ2) is 5.83. The molecule has 122 valence electrons. The molecule has 0 saturated carbocycles. The summed E-state index contributed by atoms with van der Waals surface area (Å²) in [6.45, 7) is 4.23. The molecule has 0 radical (unpaired) electrons.